The summed E-state index contributed by atoms with van der Waals surface area (Å²) < 4.78 is 0. The molecule has 2 aromatic rings. The predicted molar refractivity (Wildman–Crippen MR) is 98.4 cm³/mol. The van der Waals surface area contributed by atoms with Gasteiger partial charge in [-0.2, -0.15) is 0 Å². The van der Waals surface area contributed by atoms with Crippen LogP contribution in [0.5, 0.6) is 0 Å². The average molecular weight is 359 g/mol. The first-order valence-electron chi connectivity index (χ1n) is 7.74. The highest BCUT2D eigenvalue weighted by Gasteiger charge is 2.11. The number of anilines is 1. The summed E-state index contributed by atoms with van der Waals surface area (Å²) >= 11 is 1.31. The van der Waals surface area contributed by atoms with Crippen molar-refractivity contribution < 1.29 is 9.59 Å². The van der Waals surface area contributed by atoms with Crippen molar-refractivity contribution in [1.29, 1.82) is 0 Å². The Balaban J connectivity index is 1.87. The number of carbonyl (C=O) groups excluding carboxylic acids is 2. The fourth-order valence-corrected chi connectivity index (χ4v) is 3.01. The van der Waals surface area contributed by atoms with Crippen molar-refractivity contribution in [2.45, 2.75) is 32.0 Å². The lowest BCUT2D eigenvalue weighted by Crippen LogP contribution is -2.28. The van der Waals surface area contributed by atoms with Gasteiger partial charge in [0, 0.05) is 17.1 Å². The Labute approximate surface area is 150 Å². The number of nitrogens with zero attached hydrogens (tertiary/aromatic N) is 2. The SMILES string of the molecule is Cc1cc(C)nc(SCC(=O)N[C@H](C)c2ccc(NC(N)=O)cc2)n1. The van der Waals surface area contributed by atoms with Crippen molar-refractivity contribution >= 4 is 29.4 Å². The minimum atomic E-state index is -0.611. The monoisotopic (exact) mass is 359 g/mol. The normalized spacial score (nSPS) is 11.6. The summed E-state index contributed by atoms with van der Waals surface area (Å²) in [4.78, 5) is 31.5. The number of hydrogen-bond donors (Lipinski definition) is 3. The van der Waals surface area contributed by atoms with E-state index in [9.17, 15) is 9.59 Å². The Morgan fingerprint density at radius 3 is 2.32 bits per heavy atom. The second kappa shape index (κ2) is 8.48. The maximum Gasteiger partial charge on any atom is 0.316 e. The van der Waals surface area contributed by atoms with E-state index in [2.05, 4.69) is 20.6 Å². The molecule has 0 aliphatic heterocycles. The summed E-state index contributed by atoms with van der Waals surface area (Å²) in [6.45, 7) is 5.70. The lowest BCUT2D eigenvalue weighted by Gasteiger charge is -2.14. The number of benzene rings is 1. The summed E-state index contributed by atoms with van der Waals surface area (Å²) in [6.07, 6.45) is 0. The number of nitrogens with two attached hydrogens (primary N) is 1. The van der Waals surface area contributed by atoms with Gasteiger partial charge >= 0.3 is 6.03 Å². The highest BCUT2D eigenvalue weighted by atomic mass is 32.2. The minimum absolute atomic E-state index is 0.0976. The summed E-state index contributed by atoms with van der Waals surface area (Å²) in [6, 6.07) is 8.26. The molecule has 0 unspecified atom stereocenters. The number of amides is 3. The van der Waals surface area contributed by atoms with Crippen molar-refractivity contribution in [2.75, 3.05) is 11.1 Å². The van der Waals surface area contributed by atoms with E-state index in [1.807, 2.05) is 39.0 Å². The molecule has 0 fully saturated rings. The number of carbonyl (C=O) groups is 2. The van der Waals surface area contributed by atoms with Gasteiger partial charge in [0.2, 0.25) is 5.91 Å². The Morgan fingerprint density at radius 2 is 1.76 bits per heavy atom. The molecular weight excluding hydrogens is 338 g/mol. The van der Waals surface area contributed by atoms with Gasteiger partial charge in [0.25, 0.3) is 0 Å². The zero-order chi connectivity index (χ0) is 18.4. The first kappa shape index (κ1) is 18.7. The minimum Gasteiger partial charge on any atom is -0.351 e. The lowest BCUT2D eigenvalue weighted by molar-refractivity contribution is -0.119. The summed E-state index contributed by atoms with van der Waals surface area (Å²) in [5, 5.41) is 6.02. The van der Waals surface area contributed by atoms with Crippen LogP contribution in [0.4, 0.5) is 10.5 Å². The van der Waals surface area contributed by atoms with E-state index in [-0.39, 0.29) is 17.7 Å². The molecule has 132 valence electrons. The van der Waals surface area contributed by atoms with Crippen molar-refractivity contribution in [3.8, 4) is 0 Å². The molecule has 1 aromatic carbocycles. The number of rotatable bonds is 6. The number of hydrogen-bond acceptors (Lipinski definition) is 5. The average Bonchev–Trinajstić information content (AvgIpc) is 2.52. The van der Waals surface area contributed by atoms with E-state index in [1.54, 1.807) is 12.1 Å². The van der Waals surface area contributed by atoms with Crippen LogP contribution in [0.25, 0.3) is 0 Å². The fraction of sp³-hybridized carbons (Fsp3) is 0.294. The molecule has 0 aliphatic rings. The second-order valence-electron chi connectivity index (χ2n) is 5.62. The van der Waals surface area contributed by atoms with Crippen molar-refractivity contribution in [2.24, 2.45) is 5.73 Å². The van der Waals surface area contributed by atoms with E-state index < -0.39 is 6.03 Å². The number of aryl methyl sites for hydroxylation is 2. The molecule has 8 heteroatoms. The zero-order valence-electron chi connectivity index (χ0n) is 14.4. The fourth-order valence-electron chi connectivity index (χ4n) is 2.25. The molecule has 0 spiro atoms. The Bertz CT molecular complexity index is 744. The maximum atomic E-state index is 12.1. The van der Waals surface area contributed by atoms with E-state index in [0.717, 1.165) is 17.0 Å². The third-order valence-electron chi connectivity index (χ3n) is 3.35. The first-order valence-corrected chi connectivity index (χ1v) is 8.73. The quantitative estimate of drug-likeness (QED) is 0.542. The summed E-state index contributed by atoms with van der Waals surface area (Å²) in [7, 11) is 0. The topological polar surface area (TPSA) is 110 Å². The van der Waals surface area contributed by atoms with Gasteiger partial charge in [0.1, 0.15) is 0 Å². The molecular formula is C17H21N5O2S. The number of nitrogens with one attached hydrogen (secondary N) is 2. The Morgan fingerprint density at radius 1 is 1.16 bits per heavy atom. The van der Waals surface area contributed by atoms with Crippen LogP contribution in [-0.2, 0) is 4.79 Å². The maximum absolute atomic E-state index is 12.1. The van der Waals surface area contributed by atoms with E-state index in [1.165, 1.54) is 11.8 Å². The molecule has 1 heterocycles. The van der Waals surface area contributed by atoms with Gasteiger partial charge in [-0.3, -0.25) is 4.79 Å². The van der Waals surface area contributed by atoms with Gasteiger partial charge < -0.3 is 16.4 Å². The van der Waals surface area contributed by atoms with E-state index in [0.29, 0.717) is 10.8 Å². The van der Waals surface area contributed by atoms with Gasteiger partial charge in [-0.1, -0.05) is 23.9 Å². The van der Waals surface area contributed by atoms with Crippen LogP contribution in [0.15, 0.2) is 35.5 Å². The Hall–Kier alpha value is -2.61. The van der Waals surface area contributed by atoms with Crippen LogP contribution < -0.4 is 16.4 Å². The smallest absolute Gasteiger partial charge is 0.316 e. The molecule has 1 aromatic heterocycles. The van der Waals surface area contributed by atoms with Gasteiger partial charge in [0.15, 0.2) is 5.16 Å². The van der Waals surface area contributed by atoms with Crippen LogP contribution in [-0.4, -0.2) is 27.7 Å². The molecule has 1 atom stereocenters. The zero-order valence-corrected chi connectivity index (χ0v) is 15.2. The van der Waals surface area contributed by atoms with Crippen molar-refractivity contribution in [3.05, 3.63) is 47.3 Å². The molecule has 25 heavy (non-hydrogen) atoms. The molecule has 2 rings (SSSR count). The number of urea groups is 1. The summed E-state index contributed by atoms with van der Waals surface area (Å²) in [5.41, 5.74) is 8.37. The molecule has 0 radical (unpaired) electrons. The van der Waals surface area contributed by atoms with Gasteiger partial charge in [-0.05, 0) is 44.5 Å². The molecule has 0 saturated heterocycles. The van der Waals surface area contributed by atoms with Crippen LogP contribution in [0.3, 0.4) is 0 Å². The van der Waals surface area contributed by atoms with Gasteiger partial charge in [-0.15, -0.1) is 0 Å². The van der Waals surface area contributed by atoms with Crippen LogP contribution >= 0.6 is 11.8 Å². The first-order chi connectivity index (χ1) is 11.8. The molecule has 4 N–H and O–H groups in total. The highest BCUT2D eigenvalue weighted by molar-refractivity contribution is 7.99. The molecule has 0 saturated carbocycles. The lowest BCUT2D eigenvalue weighted by atomic mass is 10.1. The van der Waals surface area contributed by atoms with E-state index in [4.69, 9.17) is 5.73 Å². The molecule has 0 aliphatic carbocycles. The van der Waals surface area contributed by atoms with Gasteiger partial charge in [-0.25, -0.2) is 14.8 Å². The van der Waals surface area contributed by atoms with Gasteiger partial charge in [0.05, 0.1) is 11.8 Å². The molecule has 0 bridgehead atoms. The van der Waals surface area contributed by atoms with Crippen LogP contribution in [0.2, 0.25) is 0 Å². The Kier molecular flexibility index (Phi) is 6.35. The standard InChI is InChI=1S/C17H21N5O2S/c1-10-8-11(2)20-17(19-10)25-9-15(23)21-12(3)13-4-6-14(7-5-13)22-16(18)24/h4-8,12H,9H2,1-3H3,(H,21,23)(H3,18,22,24)/t12-/m1/s1. The third kappa shape index (κ3) is 6.07. The van der Waals surface area contributed by atoms with Crippen LogP contribution in [0, 0.1) is 13.8 Å². The molecule has 7 nitrogen and oxygen atoms in total. The third-order valence-corrected chi connectivity index (χ3v) is 4.20. The number of thioether (sulfide) groups is 1. The second-order valence-corrected chi connectivity index (χ2v) is 6.56. The largest absolute Gasteiger partial charge is 0.351 e. The van der Waals surface area contributed by atoms with Crippen LogP contribution in [0.1, 0.15) is 29.9 Å². The summed E-state index contributed by atoms with van der Waals surface area (Å²) in [5.74, 6) is 0.147. The number of primary amides is 1. The highest BCUT2D eigenvalue weighted by Crippen LogP contribution is 2.17. The number of aromatic nitrogens is 2. The van der Waals surface area contributed by atoms with Crippen molar-refractivity contribution in [3.63, 3.8) is 0 Å². The van der Waals surface area contributed by atoms with Crippen molar-refractivity contribution in [1.82, 2.24) is 15.3 Å². The van der Waals surface area contributed by atoms with E-state index >= 15 is 0 Å². The predicted octanol–water partition coefficient (Wildman–Crippen LogP) is 2.55. The molecule has 3 amide bonds.